The predicted octanol–water partition coefficient (Wildman–Crippen LogP) is 2.03. The van der Waals surface area contributed by atoms with Crippen LogP contribution in [0, 0.1) is 0 Å². The first-order valence-electron chi connectivity index (χ1n) is 6.35. The summed E-state index contributed by atoms with van der Waals surface area (Å²) in [4.78, 5) is 0. The molecule has 0 aliphatic carbocycles. The lowest BCUT2D eigenvalue weighted by molar-refractivity contribution is 0.0398. The van der Waals surface area contributed by atoms with E-state index in [2.05, 4.69) is 6.92 Å². The molecule has 4 heteroatoms. The molecular weight excluding hydrogens is 246 g/mol. The fourth-order valence-corrected chi connectivity index (χ4v) is 2.45. The number of aliphatic hydroxyl groups excluding tert-OH is 1. The van der Waals surface area contributed by atoms with Gasteiger partial charge in [0.25, 0.3) is 0 Å². The lowest BCUT2D eigenvalue weighted by Crippen LogP contribution is -2.24. The van der Waals surface area contributed by atoms with Gasteiger partial charge in [0.2, 0.25) is 0 Å². The van der Waals surface area contributed by atoms with E-state index in [0.717, 1.165) is 17.7 Å². The molecule has 0 saturated heterocycles. The zero-order chi connectivity index (χ0) is 13.2. The summed E-state index contributed by atoms with van der Waals surface area (Å²) in [6, 6.07) is 10.2. The Labute approximate surface area is 114 Å². The summed E-state index contributed by atoms with van der Waals surface area (Å²) >= 11 is 1.69. The molecule has 0 aromatic heterocycles. The molecule has 0 fully saturated rings. The van der Waals surface area contributed by atoms with Gasteiger partial charge in [0.05, 0.1) is 19.3 Å². The molecule has 0 saturated carbocycles. The van der Waals surface area contributed by atoms with Crippen molar-refractivity contribution in [1.82, 2.24) is 0 Å². The van der Waals surface area contributed by atoms with Crippen LogP contribution in [0.3, 0.4) is 0 Å². The van der Waals surface area contributed by atoms with E-state index in [1.54, 1.807) is 11.8 Å². The summed E-state index contributed by atoms with van der Waals surface area (Å²) < 4.78 is 5.47. The van der Waals surface area contributed by atoms with E-state index in [1.807, 2.05) is 30.3 Å². The summed E-state index contributed by atoms with van der Waals surface area (Å²) in [6.45, 7) is 3.00. The molecule has 0 heterocycles. The zero-order valence-corrected chi connectivity index (χ0v) is 11.7. The minimum atomic E-state index is -0.414. The van der Waals surface area contributed by atoms with Crippen LogP contribution in [0.2, 0.25) is 0 Å². The van der Waals surface area contributed by atoms with E-state index in [0.29, 0.717) is 19.0 Å². The topological polar surface area (TPSA) is 55.5 Å². The van der Waals surface area contributed by atoms with Crippen LogP contribution in [0.1, 0.15) is 18.9 Å². The second-order valence-corrected chi connectivity index (χ2v) is 5.44. The Morgan fingerprint density at radius 1 is 1.28 bits per heavy atom. The minimum absolute atomic E-state index is 0.229. The summed E-state index contributed by atoms with van der Waals surface area (Å²) in [5.74, 6) is 1.58. The summed E-state index contributed by atoms with van der Waals surface area (Å²) in [6.07, 6.45) is 0.566. The number of nitrogens with two attached hydrogens (primary N) is 1. The van der Waals surface area contributed by atoms with Gasteiger partial charge in [-0.15, -0.1) is 0 Å². The lowest BCUT2D eigenvalue weighted by atomic mass is 10.2. The maximum Gasteiger partial charge on any atom is 0.0863 e. The number of hydrogen-bond acceptors (Lipinski definition) is 4. The molecule has 0 amide bonds. The Morgan fingerprint density at radius 3 is 2.67 bits per heavy atom. The molecule has 0 spiro atoms. The molecule has 102 valence electrons. The fourth-order valence-electron chi connectivity index (χ4n) is 1.41. The Hall–Kier alpha value is -0.550. The van der Waals surface area contributed by atoms with Gasteiger partial charge in [0.15, 0.2) is 0 Å². The van der Waals surface area contributed by atoms with Gasteiger partial charge in [0, 0.05) is 17.5 Å². The highest BCUT2D eigenvalue weighted by molar-refractivity contribution is 7.99. The van der Waals surface area contributed by atoms with Gasteiger partial charge in [-0.1, -0.05) is 37.3 Å². The fraction of sp³-hybridized carbons (Fsp3) is 0.571. The summed E-state index contributed by atoms with van der Waals surface area (Å²) in [5, 5.41) is 9.73. The average Bonchev–Trinajstić information content (AvgIpc) is 2.39. The first kappa shape index (κ1) is 15.5. The molecule has 2 unspecified atom stereocenters. The Morgan fingerprint density at radius 2 is 2.00 bits per heavy atom. The molecule has 0 aliphatic heterocycles. The lowest BCUT2D eigenvalue weighted by Gasteiger charge is -2.13. The molecule has 1 rings (SSSR count). The highest BCUT2D eigenvalue weighted by Gasteiger charge is 2.06. The molecule has 1 aromatic rings. The van der Waals surface area contributed by atoms with Gasteiger partial charge < -0.3 is 15.6 Å². The van der Waals surface area contributed by atoms with Crippen LogP contribution in [0.4, 0.5) is 0 Å². The Kier molecular flexibility index (Phi) is 8.09. The number of hydrogen-bond donors (Lipinski definition) is 2. The molecule has 18 heavy (non-hydrogen) atoms. The monoisotopic (exact) mass is 269 g/mol. The minimum Gasteiger partial charge on any atom is -0.390 e. The number of thioether (sulfide) groups is 1. The molecule has 3 nitrogen and oxygen atoms in total. The third-order valence-corrected chi connectivity index (χ3v) is 3.87. The second kappa shape index (κ2) is 9.39. The van der Waals surface area contributed by atoms with E-state index in [-0.39, 0.29) is 6.04 Å². The normalized spacial score (nSPS) is 14.4. The van der Waals surface area contributed by atoms with Crippen LogP contribution >= 0.6 is 11.8 Å². The van der Waals surface area contributed by atoms with Crippen LogP contribution in [0.5, 0.6) is 0 Å². The van der Waals surface area contributed by atoms with Gasteiger partial charge in [-0.2, -0.15) is 11.8 Å². The Bertz CT molecular complexity index is 308. The third kappa shape index (κ3) is 7.01. The van der Waals surface area contributed by atoms with Crippen molar-refractivity contribution in [3.63, 3.8) is 0 Å². The van der Waals surface area contributed by atoms with E-state index >= 15 is 0 Å². The standard InChI is InChI=1S/C14H23NO2S/c1-2-13(15)10-18-11-14(16)9-17-8-12-6-4-3-5-7-12/h3-7,13-14,16H,2,8-11,15H2,1H3. The zero-order valence-electron chi connectivity index (χ0n) is 10.9. The van der Waals surface area contributed by atoms with Crippen LogP contribution < -0.4 is 5.73 Å². The molecular formula is C14H23NO2S. The van der Waals surface area contributed by atoms with E-state index in [9.17, 15) is 5.11 Å². The smallest absolute Gasteiger partial charge is 0.0863 e. The van der Waals surface area contributed by atoms with E-state index in [4.69, 9.17) is 10.5 Å². The van der Waals surface area contributed by atoms with E-state index < -0.39 is 6.10 Å². The maximum atomic E-state index is 9.73. The predicted molar refractivity (Wildman–Crippen MR) is 77.7 cm³/mol. The SMILES string of the molecule is CCC(N)CSCC(O)COCc1ccccc1. The molecule has 0 aliphatic rings. The van der Waals surface area contributed by atoms with Gasteiger partial charge in [-0.25, -0.2) is 0 Å². The molecule has 2 atom stereocenters. The molecule has 0 bridgehead atoms. The highest BCUT2D eigenvalue weighted by atomic mass is 32.2. The number of aliphatic hydroxyl groups is 1. The van der Waals surface area contributed by atoms with Gasteiger partial charge >= 0.3 is 0 Å². The van der Waals surface area contributed by atoms with Crippen molar-refractivity contribution in [2.75, 3.05) is 18.1 Å². The van der Waals surface area contributed by atoms with Gasteiger partial charge in [-0.05, 0) is 12.0 Å². The van der Waals surface area contributed by atoms with Crippen LogP contribution in [-0.4, -0.2) is 35.4 Å². The van der Waals surface area contributed by atoms with Crippen LogP contribution in [0.15, 0.2) is 30.3 Å². The first-order chi connectivity index (χ1) is 8.72. The molecule has 3 N–H and O–H groups in total. The quantitative estimate of drug-likeness (QED) is 0.720. The van der Waals surface area contributed by atoms with E-state index in [1.165, 1.54) is 0 Å². The Balaban J connectivity index is 2.05. The summed E-state index contributed by atoms with van der Waals surface area (Å²) in [5.41, 5.74) is 6.93. The number of rotatable bonds is 9. The van der Waals surface area contributed by atoms with Crippen molar-refractivity contribution in [3.8, 4) is 0 Å². The third-order valence-electron chi connectivity index (χ3n) is 2.59. The van der Waals surface area contributed by atoms with Gasteiger partial charge in [-0.3, -0.25) is 0 Å². The highest BCUT2D eigenvalue weighted by Crippen LogP contribution is 2.07. The summed E-state index contributed by atoms with van der Waals surface area (Å²) in [7, 11) is 0. The van der Waals surface area contributed by atoms with Crippen LogP contribution in [-0.2, 0) is 11.3 Å². The largest absolute Gasteiger partial charge is 0.390 e. The average molecular weight is 269 g/mol. The van der Waals surface area contributed by atoms with Crippen molar-refractivity contribution in [2.45, 2.75) is 32.1 Å². The van der Waals surface area contributed by atoms with Gasteiger partial charge in [0.1, 0.15) is 0 Å². The van der Waals surface area contributed by atoms with Crippen molar-refractivity contribution in [1.29, 1.82) is 0 Å². The van der Waals surface area contributed by atoms with Crippen molar-refractivity contribution in [2.24, 2.45) is 5.73 Å². The first-order valence-corrected chi connectivity index (χ1v) is 7.51. The van der Waals surface area contributed by atoms with Crippen molar-refractivity contribution < 1.29 is 9.84 Å². The molecule has 1 aromatic carbocycles. The second-order valence-electron chi connectivity index (χ2n) is 4.36. The van der Waals surface area contributed by atoms with Crippen LogP contribution in [0.25, 0.3) is 0 Å². The van der Waals surface area contributed by atoms with Crippen molar-refractivity contribution in [3.05, 3.63) is 35.9 Å². The number of benzene rings is 1. The molecule has 0 radical (unpaired) electrons. The van der Waals surface area contributed by atoms with Crippen molar-refractivity contribution >= 4 is 11.8 Å². The number of ether oxygens (including phenoxy) is 1. The maximum absolute atomic E-state index is 9.73.